The standard InChI is InChI=1S/C23H21N4O2/c1-16-2-5-19(6-3-16)26-23-25-11-8-21(27-23)17-4-7-22(18(14-17)15-24)29-20-9-12-28-13-10-20/h2-8,11,14,20H,1,9-10,12-13H2,(H,25,26,27). The first kappa shape index (κ1) is 18.9. The lowest BCUT2D eigenvalue weighted by molar-refractivity contribution is 0.0254. The lowest BCUT2D eigenvalue weighted by Crippen LogP contribution is -2.26. The van der Waals surface area contributed by atoms with Gasteiger partial charge in [-0.05, 0) is 48.9 Å². The first-order chi connectivity index (χ1) is 14.2. The number of ether oxygens (including phenoxy) is 2. The van der Waals surface area contributed by atoms with E-state index in [4.69, 9.17) is 9.47 Å². The second-order valence-electron chi connectivity index (χ2n) is 6.84. The third kappa shape index (κ3) is 4.71. The molecular weight excluding hydrogens is 364 g/mol. The van der Waals surface area contributed by atoms with Gasteiger partial charge in [0.25, 0.3) is 0 Å². The summed E-state index contributed by atoms with van der Waals surface area (Å²) < 4.78 is 11.4. The van der Waals surface area contributed by atoms with Crippen LogP contribution in [0.5, 0.6) is 5.75 Å². The van der Waals surface area contributed by atoms with E-state index in [1.807, 2.05) is 42.5 Å². The molecule has 6 nitrogen and oxygen atoms in total. The fourth-order valence-corrected chi connectivity index (χ4v) is 3.15. The molecule has 2 aromatic carbocycles. The van der Waals surface area contributed by atoms with E-state index in [1.54, 1.807) is 12.3 Å². The highest BCUT2D eigenvalue weighted by atomic mass is 16.5. The van der Waals surface area contributed by atoms with Crippen LogP contribution in [0.25, 0.3) is 11.3 Å². The predicted molar refractivity (Wildman–Crippen MR) is 111 cm³/mol. The zero-order valence-corrected chi connectivity index (χ0v) is 16.0. The van der Waals surface area contributed by atoms with Crippen LogP contribution in [0, 0.1) is 18.3 Å². The quantitative estimate of drug-likeness (QED) is 0.697. The van der Waals surface area contributed by atoms with Crippen LogP contribution in [0.2, 0.25) is 0 Å². The zero-order valence-electron chi connectivity index (χ0n) is 16.0. The van der Waals surface area contributed by atoms with Crippen LogP contribution in [0.15, 0.2) is 54.7 Å². The topological polar surface area (TPSA) is 80.1 Å². The minimum absolute atomic E-state index is 0.0845. The van der Waals surface area contributed by atoms with Crippen molar-refractivity contribution in [3.8, 4) is 23.1 Å². The second kappa shape index (κ2) is 8.72. The molecule has 0 aliphatic carbocycles. The summed E-state index contributed by atoms with van der Waals surface area (Å²) in [5.41, 5.74) is 3.88. The summed E-state index contributed by atoms with van der Waals surface area (Å²) in [5, 5.41) is 12.8. The smallest absolute Gasteiger partial charge is 0.227 e. The molecule has 0 bridgehead atoms. The highest BCUT2D eigenvalue weighted by Crippen LogP contribution is 2.28. The van der Waals surface area contributed by atoms with Crippen molar-refractivity contribution in [2.45, 2.75) is 18.9 Å². The van der Waals surface area contributed by atoms with Crippen molar-refractivity contribution in [2.75, 3.05) is 18.5 Å². The van der Waals surface area contributed by atoms with Crippen molar-refractivity contribution in [2.24, 2.45) is 0 Å². The number of benzene rings is 2. The van der Waals surface area contributed by atoms with Crippen LogP contribution < -0.4 is 10.1 Å². The molecule has 145 valence electrons. The highest BCUT2D eigenvalue weighted by molar-refractivity contribution is 5.65. The molecule has 2 heterocycles. The molecule has 1 saturated heterocycles. The van der Waals surface area contributed by atoms with Gasteiger partial charge in [-0.15, -0.1) is 0 Å². The normalized spacial score (nSPS) is 14.2. The minimum atomic E-state index is 0.0845. The molecule has 1 aliphatic heterocycles. The van der Waals surface area contributed by atoms with Gasteiger partial charge in [0.2, 0.25) is 5.95 Å². The molecule has 0 spiro atoms. The van der Waals surface area contributed by atoms with E-state index >= 15 is 0 Å². The Bertz CT molecular complexity index is 1020. The molecule has 0 unspecified atom stereocenters. The monoisotopic (exact) mass is 385 g/mol. The summed E-state index contributed by atoms with van der Waals surface area (Å²) in [5.74, 6) is 1.09. The largest absolute Gasteiger partial charge is 0.489 e. The minimum Gasteiger partial charge on any atom is -0.489 e. The van der Waals surface area contributed by atoms with Gasteiger partial charge < -0.3 is 14.8 Å². The van der Waals surface area contributed by atoms with Gasteiger partial charge in [-0.2, -0.15) is 5.26 Å². The Labute approximate surface area is 170 Å². The van der Waals surface area contributed by atoms with Crippen LogP contribution in [0.1, 0.15) is 24.0 Å². The van der Waals surface area contributed by atoms with Gasteiger partial charge in [-0.25, -0.2) is 9.97 Å². The highest BCUT2D eigenvalue weighted by Gasteiger charge is 2.17. The average molecular weight is 385 g/mol. The first-order valence-electron chi connectivity index (χ1n) is 9.52. The number of rotatable bonds is 5. The summed E-state index contributed by atoms with van der Waals surface area (Å²) in [6.07, 6.45) is 3.45. The van der Waals surface area contributed by atoms with Crippen LogP contribution in [0.3, 0.4) is 0 Å². The number of nitrogens with zero attached hydrogens (tertiary/aromatic N) is 3. The van der Waals surface area contributed by atoms with E-state index in [2.05, 4.69) is 28.3 Å². The molecule has 0 amide bonds. The molecular formula is C23H21N4O2. The van der Waals surface area contributed by atoms with Crippen LogP contribution >= 0.6 is 0 Å². The number of aromatic nitrogens is 2. The van der Waals surface area contributed by atoms with Crippen LogP contribution in [0.4, 0.5) is 11.6 Å². The molecule has 1 N–H and O–H groups in total. The summed E-state index contributed by atoms with van der Waals surface area (Å²) in [7, 11) is 0. The Morgan fingerprint density at radius 2 is 1.90 bits per heavy atom. The van der Waals surface area contributed by atoms with E-state index in [1.165, 1.54) is 0 Å². The molecule has 1 fully saturated rings. The van der Waals surface area contributed by atoms with E-state index in [-0.39, 0.29) is 6.10 Å². The van der Waals surface area contributed by atoms with Crippen molar-refractivity contribution in [3.63, 3.8) is 0 Å². The molecule has 4 rings (SSSR count). The van der Waals surface area contributed by atoms with Crippen molar-refractivity contribution in [3.05, 3.63) is 72.8 Å². The molecule has 29 heavy (non-hydrogen) atoms. The van der Waals surface area contributed by atoms with E-state index in [0.717, 1.165) is 35.3 Å². The SMILES string of the molecule is [CH2]c1ccc(Nc2nccc(-c3ccc(OC4CCOCC4)c(C#N)c3)n2)cc1. The molecule has 1 aliphatic rings. The summed E-state index contributed by atoms with van der Waals surface area (Å²) in [6, 6.07) is 17.3. The number of hydrogen-bond acceptors (Lipinski definition) is 6. The third-order valence-electron chi connectivity index (χ3n) is 4.72. The van der Waals surface area contributed by atoms with Gasteiger partial charge in [0, 0.05) is 30.3 Å². The van der Waals surface area contributed by atoms with Gasteiger partial charge in [0.1, 0.15) is 17.9 Å². The van der Waals surface area contributed by atoms with Crippen molar-refractivity contribution >= 4 is 11.6 Å². The Hall–Kier alpha value is -3.43. The van der Waals surface area contributed by atoms with Gasteiger partial charge in [0.15, 0.2) is 0 Å². The van der Waals surface area contributed by atoms with Gasteiger partial charge >= 0.3 is 0 Å². The molecule has 0 saturated carbocycles. The summed E-state index contributed by atoms with van der Waals surface area (Å²) >= 11 is 0. The number of nitrogens with one attached hydrogen (secondary N) is 1. The van der Waals surface area contributed by atoms with Crippen molar-refractivity contribution < 1.29 is 9.47 Å². The lowest BCUT2D eigenvalue weighted by atomic mass is 10.1. The van der Waals surface area contributed by atoms with Crippen LogP contribution in [-0.2, 0) is 4.74 Å². The number of nitriles is 1. The van der Waals surface area contributed by atoms with Gasteiger partial charge in [0.05, 0.1) is 24.5 Å². The van der Waals surface area contributed by atoms with Crippen molar-refractivity contribution in [1.82, 2.24) is 9.97 Å². The number of hydrogen-bond donors (Lipinski definition) is 1. The fraction of sp³-hybridized carbons (Fsp3) is 0.217. The Balaban J connectivity index is 1.54. The Kier molecular flexibility index (Phi) is 5.68. The third-order valence-corrected chi connectivity index (χ3v) is 4.72. The first-order valence-corrected chi connectivity index (χ1v) is 9.52. The van der Waals surface area contributed by atoms with E-state index in [0.29, 0.717) is 30.5 Å². The molecule has 1 aromatic heterocycles. The van der Waals surface area contributed by atoms with Gasteiger partial charge in [-0.3, -0.25) is 0 Å². The predicted octanol–water partition coefficient (Wildman–Crippen LogP) is 4.50. The molecule has 3 aromatic rings. The maximum Gasteiger partial charge on any atom is 0.227 e. The van der Waals surface area contributed by atoms with Crippen molar-refractivity contribution in [1.29, 1.82) is 5.26 Å². The molecule has 1 radical (unpaired) electrons. The maximum atomic E-state index is 9.59. The molecule has 6 heteroatoms. The zero-order chi connectivity index (χ0) is 20.1. The number of anilines is 2. The second-order valence-corrected chi connectivity index (χ2v) is 6.84. The lowest BCUT2D eigenvalue weighted by Gasteiger charge is -2.23. The van der Waals surface area contributed by atoms with Crippen LogP contribution in [-0.4, -0.2) is 29.3 Å². The van der Waals surface area contributed by atoms with Gasteiger partial charge in [-0.1, -0.05) is 12.1 Å². The summed E-state index contributed by atoms with van der Waals surface area (Å²) in [6.45, 7) is 5.27. The maximum absolute atomic E-state index is 9.59. The Morgan fingerprint density at radius 3 is 2.66 bits per heavy atom. The molecule has 0 atom stereocenters. The van der Waals surface area contributed by atoms with E-state index in [9.17, 15) is 5.26 Å². The Morgan fingerprint density at radius 1 is 1.10 bits per heavy atom. The summed E-state index contributed by atoms with van der Waals surface area (Å²) in [4.78, 5) is 8.86. The average Bonchev–Trinajstić information content (AvgIpc) is 2.76. The van der Waals surface area contributed by atoms with E-state index < -0.39 is 0 Å². The fourth-order valence-electron chi connectivity index (χ4n) is 3.15.